The van der Waals surface area contributed by atoms with Crippen molar-refractivity contribution >= 4 is 37.3 Å². The first-order chi connectivity index (χ1) is 18.8. The zero-order valence-corrected chi connectivity index (χ0v) is 24.9. The van der Waals surface area contributed by atoms with Crippen molar-refractivity contribution < 1.29 is 39.9 Å². The molecule has 2 amide bonds. The molecule has 2 aliphatic rings. The Morgan fingerprint density at radius 3 is 2.42 bits per heavy atom. The Hall–Kier alpha value is -2.22. The first-order valence-electron chi connectivity index (χ1n) is 13.0. The fourth-order valence-electron chi connectivity index (χ4n) is 4.60. The van der Waals surface area contributed by atoms with Gasteiger partial charge in [-0.3, -0.25) is 0 Å². The van der Waals surface area contributed by atoms with E-state index in [4.69, 9.17) is 21.1 Å². The molecule has 1 aromatic carbocycles. The fraction of sp³-hybridized carbons (Fsp3) is 0.577. The van der Waals surface area contributed by atoms with Crippen LogP contribution < -0.4 is 5.32 Å². The lowest BCUT2D eigenvalue weighted by Crippen LogP contribution is -2.36. The molecule has 1 aromatic rings. The van der Waals surface area contributed by atoms with Crippen LogP contribution in [0.4, 0.5) is 13.6 Å². The molecule has 0 saturated carbocycles. The van der Waals surface area contributed by atoms with Crippen molar-refractivity contribution in [3.8, 4) is 0 Å². The predicted octanol–water partition coefficient (Wildman–Crippen LogP) is 4.20. The van der Waals surface area contributed by atoms with Gasteiger partial charge >= 0.3 is 6.03 Å². The van der Waals surface area contributed by atoms with Crippen LogP contribution in [-0.4, -0.2) is 84.0 Å². The van der Waals surface area contributed by atoms with Crippen molar-refractivity contribution in [3.05, 3.63) is 52.3 Å². The Morgan fingerprint density at radius 1 is 1.12 bits per heavy atom. The molecule has 1 N–H and O–H groups in total. The molecule has 0 aliphatic carbocycles. The molecule has 3 rings (SSSR count). The predicted molar refractivity (Wildman–Crippen MR) is 148 cm³/mol. The van der Waals surface area contributed by atoms with Gasteiger partial charge in [0.1, 0.15) is 11.7 Å². The number of nitrogens with one attached hydrogen (secondary N) is 1. The maximum atomic E-state index is 14.3. The smallest absolute Gasteiger partial charge is 0.317 e. The lowest BCUT2D eigenvalue weighted by atomic mass is 9.89. The topological polar surface area (TPSA) is 119 Å². The average Bonchev–Trinajstić information content (AvgIpc) is 3.31. The summed E-state index contributed by atoms with van der Waals surface area (Å²) in [5.74, 6) is -2.62. The molecule has 2 atom stereocenters. The highest BCUT2D eigenvalue weighted by atomic mass is 35.5. The standard InChI is InChI=1S/C26H35ClF2N2O7S2/c1-18(28)23-16-20(17-38-25(23)19(2)29)24(8-14-39(33,34)15-11-31-10-9-30-26(31)32)37-12-3-13-40(35,36)22-6-4-21(27)5-7-22/h4-7,20,24H,3,8-17H2,1-2H3,(H,30,32)/b23-18+,25-19-/t20-,24-/m0/s1. The van der Waals surface area contributed by atoms with E-state index in [0.29, 0.717) is 18.1 Å². The SMILES string of the molecule is C/C(F)=C1/OC[C@@H]([C@H](CCS(=O)(=O)CCN2CCNC2=O)OCCCS(=O)(=O)c2ccc(Cl)cc2)C/C1=C(/C)F. The van der Waals surface area contributed by atoms with Crippen molar-refractivity contribution in [2.45, 2.75) is 44.1 Å². The van der Waals surface area contributed by atoms with Gasteiger partial charge in [-0.1, -0.05) is 11.6 Å². The molecule has 0 radical (unpaired) electrons. The van der Waals surface area contributed by atoms with Crippen LogP contribution in [0.5, 0.6) is 0 Å². The normalized spacial score (nSPS) is 21.6. The van der Waals surface area contributed by atoms with Crippen LogP contribution in [0.3, 0.4) is 0 Å². The minimum absolute atomic E-state index is 0.000469. The van der Waals surface area contributed by atoms with E-state index < -0.39 is 43.4 Å². The third-order valence-corrected chi connectivity index (χ3v) is 10.6. The molecular formula is C26H35ClF2N2O7S2. The molecule has 0 bridgehead atoms. The zero-order valence-electron chi connectivity index (χ0n) is 22.5. The van der Waals surface area contributed by atoms with Crippen molar-refractivity contribution in [2.24, 2.45) is 5.92 Å². The van der Waals surface area contributed by atoms with E-state index in [-0.39, 0.29) is 78.5 Å². The summed E-state index contributed by atoms with van der Waals surface area (Å²) in [5.41, 5.74) is 0.0538. The maximum absolute atomic E-state index is 14.3. The van der Waals surface area contributed by atoms with Crippen LogP contribution in [0.2, 0.25) is 5.02 Å². The molecule has 2 saturated heterocycles. The molecule has 2 heterocycles. The van der Waals surface area contributed by atoms with Gasteiger partial charge in [0, 0.05) is 42.8 Å². The number of urea groups is 1. The van der Waals surface area contributed by atoms with Gasteiger partial charge in [0.15, 0.2) is 25.4 Å². The van der Waals surface area contributed by atoms with Crippen LogP contribution in [-0.2, 0) is 29.1 Å². The Labute approximate surface area is 239 Å². The van der Waals surface area contributed by atoms with Crippen LogP contribution >= 0.6 is 11.6 Å². The van der Waals surface area contributed by atoms with Crippen LogP contribution in [0.15, 0.2) is 52.1 Å². The number of benzene rings is 1. The van der Waals surface area contributed by atoms with Gasteiger partial charge in [0.05, 0.1) is 34.9 Å². The third-order valence-electron chi connectivity index (χ3n) is 6.83. The minimum Gasteiger partial charge on any atom is -0.490 e. The van der Waals surface area contributed by atoms with E-state index in [1.807, 2.05) is 0 Å². The van der Waals surface area contributed by atoms with Crippen molar-refractivity contribution in [1.82, 2.24) is 10.2 Å². The molecule has 224 valence electrons. The summed E-state index contributed by atoms with van der Waals surface area (Å²) in [4.78, 5) is 13.3. The number of ether oxygens (including phenoxy) is 2. The number of hydrogen-bond donors (Lipinski definition) is 1. The molecule has 40 heavy (non-hydrogen) atoms. The zero-order chi connectivity index (χ0) is 29.5. The van der Waals surface area contributed by atoms with Crippen molar-refractivity contribution in [3.63, 3.8) is 0 Å². The molecule has 2 aliphatic heterocycles. The summed E-state index contributed by atoms with van der Waals surface area (Å²) in [6, 6.07) is 5.50. The molecule has 14 heteroatoms. The van der Waals surface area contributed by atoms with Gasteiger partial charge in [0.2, 0.25) is 0 Å². The highest BCUT2D eigenvalue weighted by Gasteiger charge is 2.33. The molecule has 0 spiro atoms. The number of allylic oxidation sites excluding steroid dienone is 3. The highest BCUT2D eigenvalue weighted by molar-refractivity contribution is 7.91. The van der Waals surface area contributed by atoms with Crippen LogP contribution in [0.1, 0.15) is 33.1 Å². The Morgan fingerprint density at radius 2 is 1.82 bits per heavy atom. The lowest BCUT2D eigenvalue weighted by Gasteiger charge is -2.33. The number of hydrogen-bond acceptors (Lipinski definition) is 7. The second kappa shape index (κ2) is 14.1. The van der Waals surface area contributed by atoms with E-state index in [1.165, 1.54) is 43.0 Å². The van der Waals surface area contributed by atoms with E-state index in [1.54, 1.807) is 0 Å². The van der Waals surface area contributed by atoms with Crippen LogP contribution in [0.25, 0.3) is 0 Å². The third kappa shape index (κ3) is 9.15. The van der Waals surface area contributed by atoms with Crippen molar-refractivity contribution in [2.75, 3.05) is 50.1 Å². The van der Waals surface area contributed by atoms with Gasteiger partial charge in [-0.25, -0.2) is 30.4 Å². The molecule has 9 nitrogen and oxygen atoms in total. The molecule has 0 aromatic heterocycles. The Bertz CT molecular complexity index is 1320. The van der Waals surface area contributed by atoms with Gasteiger partial charge in [-0.2, -0.15) is 0 Å². The summed E-state index contributed by atoms with van der Waals surface area (Å²) in [6.07, 6.45) is -0.482. The van der Waals surface area contributed by atoms with Gasteiger partial charge < -0.3 is 19.7 Å². The Balaban J connectivity index is 1.66. The Kier molecular flexibility index (Phi) is 11.4. The molecular weight excluding hydrogens is 590 g/mol. The summed E-state index contributed by atoms with van der Waals surface area (Å²) < 4.78 is 90.6. The number of carbonyl (C=O) groups is 1. The second-order valence-electron chi connectivity index (χ2n) is 9.84. The largest absolute Gasteiger partial charge is 0.490 e. The maximum Gasteiger partial charge on any atom is 0.317 e. The summed E-state index contributed by atoms with van der Waals surface area (Å²) >= 11 is 5.84. The number of carbonyl (C=O) groups excluding carboxylic acids is 1. The van der Waals surface area contributed by atoms with Crippen LogP contribution in [0, 0.1) is 5.92 Å². The molecule has 2 fully saturated rings. The van der Waals surface area contributed by atoms with Crippen molar-refractivity contribution in [1.29, 1.82) is 0 Å². The lowest BCUT2D eigenvalue weighted by molar-refractivity contribution is -0.0222. The minimum atomic E-state index is -3.59. The average molecular weight is 625 g/mol. The van der Waals surface area contributed by atoms with Gasteiger partial charge in [0.25, 0.3) is 0 Å². The quantitative estimate of drug-likeness (QED) is 0.327. The summed E-state index contributed by atoms with van der Waals surface area (Å²) in [6.45, 7) is 3.30. The highest BCUT2D eigenvalue weighted by Crippen LogP contribution is 2.36. The number of sulfone groups is 2. The van der Waals surface area contributed by atoms with E-state index in [0.717, 1.165) is 0 Å². The second-order valence-corrected chi connectivity index (χ2v) is 14.7. The monoisotopic (exact) mass is 624 g/mol. The number of amides is 2. The van der Waals surface area contributed by atoms with Gasteiger partial charge in [-0.05, 0) is 57.4 Å². The first-order valence-corrected chi connectivity index (χ1v) is 16.8. The number of nitrogens with zero attached hydrogens (tertiary/aromatic N) is 1. The summed E-state index contributed by atoms with van der Waals surface area (Å²) in [7, 11) is -7.17. The number of rotatable bonds is 13. The summed E-state index contributed by atoms with van der Waals surface area (Å²) in [5, 5.41) is 3.03. The first kappa shape index (κ1) is 32.3. The van der Waals surface area contributed by atoms with Gasteiger partial charge in [-0.15, -0.1) is 0 Å². The van der Waals surface area contributed by atoms with E-state index >= 15 is 0 Å². The van der Waals surface area contributed by atoms with E-state index in [9.17, 15) is 30.4 Å². The van der Waals surface area contributed by atoms with E-state index in [2.05, 4.69) is 5.32 Å². The molecule has 0 unspecified atom stereocenters. The fourth-order valence-corrected chi connectivity index (χ4v) is 7.31. The number of halogens is 3.